The molecule has 1 aliphatic carbocycles. The van der Waals surface area contributed by atoms with Crippen LogP contribution in [0.3, 0.4) is 0 Å². The van der Waals surface area contributed by atoms with Gasteiger partial charge < -0.3 is 25.2 Å². The van der Waals surface area contributed by atoms with E-state index in [0.717, 1.165) is 49.3 Å². The van der Waals surface area contributed by atoms with Crippen molar-refractivity contribution < 1.29 is 27.6 Å². The molecule has 3 aromatic rings. The number of halogens is 3. The van der Waals surface area contributed by atoms with E-state index in [-0.39, 0.29) is 35.3 Å². The number of rotatable bonds is 7. The highest BCUT2D eigenvalue weighted by atomic mass is 19.4. The fourth-order valence-electron chi connectivity index (χ4n) is 5.39. The summed E-state index contributed by atoms with van der Waals surface area (Å²) in [5, 5.41) is 21.0. The van der Waals surface area contributed by atoms with Gasteiger partial charge in [0.2, 0.25) is 5.91 Å². The molecule has 2 fully saturated rings. The van der Waals surface area contributed by atoms with Crippen molar-refractivity contribution in [1.82, 2.24) is 15.4 Å². The molecule has 8 nitrogen and oxygen atoms in total. The van der Waals surface area contributed by atoms with Crippen LogP contribution in [0.5, 0.6) is 0 Å². The van der Waals surface area contributed by atoms with Gasteiger partial charge in [-0.25, -0.2) is 0 Å². The van der Waals surface area contributed by atoms with Crippen LogP contribution in [0.25, 0.3) is 11.0 Å². The summed E-state index contributed by atoms with van der Waals surface area (Å²) in [5.41, 5.74) is 0.604. The Balaban J connectivity index is 1.08. The summed E-state index contributed by atoms with van der Waals surface area (Å²) in [6.45, 7) is 1.33. The Hall–Kier alpha value is -3.31. The second kappa shape index (κ2) is 10.1. The van der Waals surface area contributed by atoms with E-state index in [1.165, 1.54) is 6.07 Å². The van der Waals surface area contributed by atoms with Crippen molar-refractivity contribution >= 4 is 28.4 Å². The van der Waals surface area contributed by atoms with Crippen LogP contribution in [0.4, 0.5) is 24.7 Å². The number of hydrogen-bond acceptors (Lipinski definition) is 7. The largest absolute Gasteiger partial charge is 0.416 e. The maximum Gasteiger partial charge on any atom is 0.416 e. The van der Waals surface area contributed by atoms with Crippen molar-refractivity contribution in [3.63, 3.8) is 0 Å². The highest BCUT2D eigenvalue weighted by Gasteiger charge is 2.40. The zero-order chi connectivity index (χ0) is 27.1. The van der Waals surface area contributed by atoms with E-state index in [9.17, 15) is 23.1 Å². The molecule has 11 heteroatoms. The molecule has 0 atom stereocenters. The summed E-state index contributed by atoms with van der Waals surface area (Å²) < 4.78 is 44.1. The van der Waals surface area contributed by atoms with Crippen LogP contribution in [0, 0.1) is 0 Å². The van der Waals surface area contributed by atoms with Gasteiger partial charge in [-0.05, 0) is 61.6 Å². The first-order valence-corrected chi connectivity index (χ1v) is 12.8. The van der Waals surface area contributed by atoms with Crippen molar-refractivity contribution in [2.75, 3.05) is 43.9 Å². The van der Waals surface area contributed by atoms with Crippen LogP contribution < -0.4 is 15.5 Å². The number of nitrogens with one attached hydrogen (secondary N) is 2. The lowest BCUT2D eigenvalue weighted by atomic mass is 9.76. The molecule has 3 N–H and O–H groups in total. The molecule has 5 rings (SSSR count). The molecule has 204 valence electrons. The highest BCUT2D eigenvalue weighted by Crippen LogP contribution is 2.40. The summed E-state index contributed by atoms with van der Waals surface area (Å²) in [6, 6.07) is 11.5. The Labute approximate surface area is 218 Å². The number of carbonyl (C=O) groups excluding carboxylic acids is 1. The second-order valence-electron chi connectivity index (χ2n) is 10.5. The van der Waals surface area contributed by atoms with Gasteiger partial charge in [0.25, 0.3) is 0 Å². The fourth-order valence-corrected chi connectivity index (χ4v) is 5.39. The SMILES string of the molecule is CN(C)c1cccc(C2(O)CCC(N3CC(NC(=O)CNc4noc5ccc(C(F)(F)F)cc45)C3)CC2)c1. The van der Waals surface area contributed by atoms with Crippen molar-refractivity contribution in [3.05, 3.63) is 53.6 Å². The van der Waals surface area contributed by atoms with E-state index < -0.39 is 17.3 Å². The average molecular weight is 532 g/mol. The molecule has 2 aromatic carbocycles. The number of nitrogens with zero attached hydrogens (tertiary/aromatic N) is 3. The number of fused-ring (bicyclic) bond motifs is 1. The second-order valence-corrected chi connectivity index (χ2v) is 10.5. The van der Waals surface area contributed by atoms with Gasteiger partial charge in [-0.3, -0.25) is 9.69 Å². The van der Waals surface area contributed by atoms with Gasteiger partial charge in [0.05, 0.1) is 29.1 Å². The molecule has 0 radical (unpaired) electrons. The molecule has 1 saturated heterocycles. The van der Waals surface area contributed by atoms with Crippen LogP contribution in [0.1, 0.15) is 36.8 Å². The van der Waals surface area contributed by atoms with Crippen molar-refractivity contribution in [2.24, 2.45) is 0 Å². The van der Waals surface area contributed by atoms with Gasteiger partial charge in [0.1, 0.15) is 0 Å². The van der Waals surface area contributed by atoms with E-state index >= 15 is 0 Å². The van der Waals surface area contributed by atoms with E-state index in [4.69, 9.17) is 4.52 Å². The van der Waals surface area contributed by atoms with E-state index in [0.29, 0.717) is 18.9 Å². The first kappa shape index (κ1) is 26.3. The maximum absolute atomic E-state index is 13.0. The average Bonchev–Trinajstić information content (AvgIpc) is 3.27. The van der Waals surface area contributed by atoms with E-state index in [1.807, 2.05) is 37.2 Å². The number of benzene rings is 2. The van der Waals surface area contributed by atoms with Crippen molar-refractivity contribution in [2.45, 2.75) is 49.5 Å². The molecule has 1 aromatic heterocycles. The number of likely N-dealkylation sites (tertiary alicyclic amines) is 1. The molecule has 0 unspecified atom stereocenters. The van der Waals surface area contributed by atoms with Crippen LogP contribution >= 0.6 is 0 Å². The Morgan fingerprint density at radius 1 is 1.18 bits per heavy atom. The van der Waals surface area contributed by atoms with Crippen molar-refractivity contribution in [3.8, 4) is 0 Å². The molecule has 1 saturated carbocycles. The van der Waals surface area contributed by atoms with Crippen LogP contribution in [0.15, 0.2) is 47.0 Å². The number of hydrogen-bond donors (Lipinski definition) is 3. The zero-order valence-electron chi connectivity index (χ0n) is 21.4. The number of amides is 1. The summed E-state index contributed by atoms with van der Waals surface area (Å²) in [4.78, 5) is 16.8. The minimum atomic E-state index is -4.48. The third kappa shape index (κ3) is 5.44. The van der Waals surface area contributed by atoms with Gasteiger partial charge in [-0.1, -0.05) is 17.3 Å². The third-order valence-corrected chi connectivity index (χ3v) is 7.69. The lowest BCUT2D eigenvalue weighted by Crippen LogP contribution is -2.63. The van der Waals surface area contributed by atoms with E-state index in [2.05, 4.69) is 26.8 Å². The lowest BCUT2D eigenvalue weighted by Gasteiger charge is -2.48. The van der Waals surface area contributed by atoms with Gasteiger partial charge >= 0.3 is 6.18 Å². The summed E-state index contributed by atoms with van der Waals surface area (Å²) in [6.07, 6.45) is -1.35. The predicted octanol–water partition coefficient (Wildman–Crippen LogP) is 3.96. The Morgan fingerprint density at radius 2 is 1.92 bits per heavy atom. The quantitative estimate of drug-likeness (QED) is 0.425. The number of anilines is 2. The zero-order valence-corrected chi connectivity index (χ0v) is 21.4. The molecule has 0 spiro atoms. The molecule has 2 heterocycles. The topological polar surface area (TPSA) is 93.9 Å². The first-order valence-electron chi connectivity index (χ1n) is 12.8. The van der Waals surface area contributed by atoms with Crippen LogP contribution in [-0.2, 0) is 16.6 Å². The fraction of sp³-hybridized carbons (Fsp3) is 0.481. The molecular weight excluding hydrogens is 499 g/mol. The predicted molar refractivity (Wildman–Crippen MR) is 138 cm³/mol. The number of aliphatic hydroxyl groups is 1. The first-order chi connectivity index (χ1) is 18.0. The summed E-state index contributed by atoms with van der Waals surface area (Å²) in [7, 11) is 3.97. The lowest BCUT2D eigenvalue weighted by molar-refractivity contribution is -0.137. The minimum Gasteiger partial charge on any atom is -0.385 e. The number of aromatic nitrogens is 1. The van der Waals surface area contributed by atoms with Gasteiger partial charge in [-0.2, -0.15) is 13.2 Å². The monoisotopic (exact) mass is 531 g/mol. The highest BCUT2D eigenvalue weighted by molar-refractivity contribution is 5.90. The minimum absolute atomic E-state index is 0.00719. The molecule has 0 bridgehead atoms. The standard InChI is InChI=1S/C27H32F3N5O3/c1-34(2)21-5-3-4-17(12-21)26(37)10-8-20(9-11-26)35-15-19(16-35)32-24(36)14-31-25-22-13-18(27(28,29)30)6-7-23(22)38-33-25/h3-7,12-13,19-20,37H,8-11,14-16H2,1-2H3,(H,31,33)(H,32,36). The van der Waals surface area contributed by atoms with Gasteiger partial charge in [0, 0.05) is 38.9 Å². The van der Waals surface area contributed by atoms with Crippen LogP contribution in [-0.4, -0.2) is 66.9 Å². The van der Waals surface area contributed by atoms with Gasteiger partial charge in [-0.15, -0.1) is 0 Å². The van der Waals surface area contributed by atoms with E-state index in [1.54, 1.807) is 0 Å². The molecule has 2 aliphatic rings. The Kier molecular flexibility index (Phi) is 6.99. The summed E-state index contributed by atoms with van der Waals surface area (Å²) in [5.74, 6) is -0.168. The Morgan fingerprint density at radius 3 is 2.61 bits per heavy atom. The van der Waals surface area contributed by atoms with Crippen molar-refractivity contribution in [1.29, 1.82) is 0 Å². The number of alkyl halides is 3. The molecule has 38 heavy (non-hydrogen) atoms. The third-order valence-electron chi connectivity index (χ3n) is 7.69. The molecule has 1 amide bonds. The Bertz CT molecular complexity index is 1290. The van der Waals surface area contributed by atoms with Crippen LogP contribution in [0.2, 0.25) is 0 Å². The smallest absolute Gasteiger partial charge is 0.385 e. The number of carbonyl (C=O) groups is 1. The molecule has 1 aliphatic heterocycles. The van der Waals surface area contributed by atoms with Gasteiger partial charge in [0.15, 0.2) is 11.4 Å². The summed E-state index contributed by atoms with van der Waals surface area (Å²) >= 11 is 0. The normalized spacial score (nSPS) is 22.7. The maximum atomic E-state index is 13.0. The molecular formula is C27H32F3N5O3.